The van der Waals surface area contributed by atoms with Crippen molar-refractivity contribution >= 4 is 6.09 Å². The molecule has 1 saturated carbocycles. The van der Waals surface area contributed by atoms with Gasteiger partial charge in [-0.2, -0.15) is 0 Å². The van der Waals surface area contributed by atoms with Gasteiger partial charge >= 0.3 is 6.09 Å². The second-order valence-electron chi connectivity index (χ2n) is 7.46. The van der Waals surface area contributed by atoms with E-state index in [4.69, 9.17) is 9.47 Å². The number of hydrogen-bond donors (Lipinski definition) is 2. The minimum Gasteiger partial charge on any atom is -0.444 e. The summed E-state index contributed by atoms with van der Waals surface area (Å²) in [5.74, 6) is 0. The number of carbonyl (C=O) groups is 1. The largest absolute Gasteiger partial charge is 0.444 e. The lowest BCUT2D eigenvalue weighted by molar-refractivity contribution is 0.0187. The maximum atomic E-state index is 11.8. The summed E-state index contributed by atoms with van der Waals surface area (Å²) in [5, 5.41) is 6.48. The third-order valence-corrected chi connectivity index (χ3v) is 4.27. The Kier molecular flexibility index (Phi) is 8.92. The Morgan fingerprint density at radius 1 is 1.13 bits per heavy atom. The molecule has 0 saturated heterocycles. The topological polar surface area (TPSA) is 59.6 Å². The highest BCUT2D eigenvalue weighted by molar-refractivity contribution is 5.68. The molecule has 0 atom stereocenters. The Hall–Kier alpha value is -0.810. The summed E-state index contributed by atoms with van der Waals surface area (Å²) in [7, 11) is 0. The summed E-state index contributed by atoms with van der Waals surface area (Å²) in [6.07, 6.45) is 6.28. The van der Waals surface area contributed by atoms with Crippen molar-refractivity contribution in [1.29, 1.82) is 0 Å². The third-order valence-electron chi connectivity index (χ3n) is 4.27. The van der Waals surface area contributed by atoms with E-state index in [1.807, 2.05) is 20.8 Å². The molecule has 0 radical (unpaired) electrons. The number of rotatable bonds is 8. The summed E-state index contributed by atoms with van der Waals surface area (Å²) in [5.41, 5.74) is -0.438. The maximum Gasteiger partial charge on any atom is 0.407 e. The van der Waals surface area contributed by atoms with Gasteiger partial charge in [-0.1, -0.05) is 13.8 Å². The van der Waals surface area contributed by atoms with E-state index in [0.717, 1.165) is 51.7 Å². The van der Waals surface area contributed by atoms with Crippen molar-refractivity contribution in [3.05, 3.63) is 0 Å². The fourth-order valence-electron chi connectivity index (χ4n) is 2.91. The van der Waals surface area contributed by atoms with E-state index in [2.05, 4.69) is 24.5 Å². The molecule has 0 aromatic heterocycles. The van der Waals surface area contributed by atoms with Gasteiger partial charge in [0.25, 0.3) is 0 Å². The van der Waals surface area contributed by atoms with Crippen molar-refractivity contribution in [2.45, 2.75) is 96.9 Å². The molecule has 2 N–H and O–H groups in total. The maximum absolute atomic E-state index is 11.8. The molecular weight excluding hydrogens is 292 g/mol. The van der Waals surface area contributed by atoms with Crippen LogP contribution in [-0.4, -0.2) is 43.0 Å². The highest BCUT2D eigenvalue weighted by Crippen LogP contribution is 2.21. The Balaban J connectivity index is 2.12. The Bertz CT molecular complexity index is 330. The zero-order valence-corrected chi connectivity index (χ0v) is 15.6. The van der Waals surface area contributed by atoms with Crippen LogP contribution in [-0.2, 0) is 9.47 Å². The van der Waals surface area contributed by atoms with E-state index in [1.54, 1.807) is 0 Å². The lowest BCUT2D eigenvalue weighted by Crippen LogP contribution is -2.42. The second kappa shape index (κ2) is 10.1. The van der Waals surface area contributed by atoms with Gasteiger partial charge in [-0.05, 0) is 59.3 Å². The molecule has 0 heterocycles. The van der Waals surface area contributed by atoms with Gasteiger partial charge in [0.2, 0.25) is 0 Å². The minimum atomic E-state index is -0.438. The lowest BCUT2D eigenvalue weighted by Gasteiger charge is -2.30. The van der Waals surface area contributed by atoms with E-state index in [9.17, 15) is 4.79 Å². The minimum absolute atomic E-state index is 0.215. The molecule has 1 aliphatic rings. The first-order chi connectivity index (χ1) is 10.8. The van der Waals surface area contributed by atoms with Gasteiger partial charge < -0.3 is 20.1 Å². The van der Waals surface area contributed by atoms with Crippen molar-refractivity contribution in [3.8, 4) is 0 Å². The van der Waals surface area contributed by atoms with Crippen molar-refractivity contribution in [3.63, 3.8) is 0 Å². The van der Waals surface area contributed by atoms with Gasteiger partial charge in [0.1, 0.15) is 5.60 Å². The Labute approximate surface area is 141 Å². The molecule has 136 valence electrons. The van der Waals surface area contributed by atoms with Crippen LogP contribution in [0.3, 0.4) is 0 Å². The first-order valence-corrected chi connectivity index (χ1v) is 9.18. The molecule has 0 aromatic rings. The van der Waals surface area contributed by atoms with Crippen LogP contribution in [0.5, 0.6) is 0 Å². The molecule has 0 unspecified atom stereocenters. The van der Waals surface area contributed by atoms with E-state index in [0.29, 0.717) is 12.1 Å². The smallest absolute Gasteiger partial charge is 0.407 e. The highest BCUT2D eigenvalue weighted by atomic mass is 16.6. The van der Waals surface area contributed by atoms with Gasteiger partial charge in [0.15, 0.2) is 0 Å². The number of hydrogen-bond acceptors (Lipinski definition) is 4. The fraction of sp³-hybridized carbons (Fsp3) is 0.944. The molecule has 0 bridgehead atoms. The standard InChI is InChI=1S/C18H36N2O3/c1-6-14(7-2)19-12-13-22-16-10-8-15(9-11-16)20-17(21)23-18(3,4)5/h14-16,19H,6-13H2,1-5H3,(H,20,21). The first-order valence-electron chi connectivity index (χ1n) is 9.18. The Morgan fingerprint density at radius 2 is 1.74 bits per heavy atom. The number of alkyl carbamates (subject to hydrolysis) is 1. The van der Waals surface area contributed by atoms with E-state index >= 15 is 0 Å². The van der Waals surface area contributed by atoms with Crippen molar-refractivity contribution in [2.24, 2.45) is 0 Å². The van der Waals surface area contributed by atoms with Crippen LogP contribution < -0.4 is 10.6 Å². The van der Waals surface area contributed by atoms with Crippen LogP contribution >= 0.6 is 0 Å². The van der Waals surface area contributed by atoms with Gasteiger partial charge in [-0.15, -0.1) is 0 Å². The van der Waals surface area contributed by atoms with Crippen LogP contribution in [0, 0.1) is 0 Å². The molecule has 0 aliphatic heterocycles. The van der Waals surface area contributed by atoms with Crippen molar-refractivity contribution in [1.82, 2.24) is 10.6 Å². The summed E-state index contributed by atoms with van der Waals surface area (Å²) < 4.78 is 11.3. The SMILES string of the molecule is CCC(CC)NCCOC1CCC(NC(=O)OC(C)(C)C)CC1. The van der Waals surface area contributed by atoms with Gasteiger partial charge in [0.05, 0.1) is 12.7 Å². The molecule has 5 heteroatoms. The van der Waals surface area contributed by atoms with Crippen molar-refractivity contribution in [2.75, 3.05) is 13.2 Å². The Morgan fingerprint density at radius 3 is 2.26 bits per heavy atom. The lowest BCUT2D eigenvalue weighted by atomic mass is 9.93. The monoisotopic (exact) mass is 328 g/mol. The first kappa shape index (κ1) is 20.2. The number of amides is 1. The molecular formula is C18H36N2O3. The zero-order valence-electron chi connectivity index (χ0n) is 15.6. The molecule has 0 aromatic carbocycles. The molecule has 0 spiro atoms. The predicted octanol–water partition coefficient (Wildman–Crippen LogP) is 3.62. The van der Waals surface area contributed by atoms with E-state index in [-0.39, 0.29) is 12.1 Å². The number of ether oxygens (including phenoxy) is 2. The van der Waals surface area contributed by atoms with E-state index < -0.39 is 5.60 Å². The van der Waals surface area contributed by atoms with Gasteiger partial charge in [0, 0.05) is 18.6 Å². The summed E-state index contributed by atoms with van der Waals surface area (Å²) >= 11 is 0. The van der Waals surface area contributed by atoms with Crippen LogP contribution in [0.4, 0.5) is 4.79 Å². The van der Waals surface area contributed by atoms with E-state index in [1.165, 1.54) is 0 Å². The van der Waals surface area contributed by atoms with Crippen LogP contribution in [0.15, 0.2) is 0 Å². The van der Waals surface area contributed by atoms with Crippen LogP contribution in [0.2, 0.25) is 0 Å². The predicted molar refractivity (Wildman–Crippen MR) is 93.7 cm³/mol. The molecule has 1 fully saturated rings. The third kappa shape index (κ3) is 9.16. The molecule has 1 rings (SSSR count). The number of carbonyl (C=O) groups excluding carboxylic acids is 1. The van der Waals surface area contributed by atoms with Crippen LogP contribution in [0.25, 0.3) is 0 Å². The van der Waals surface area contributed by atoms with Crippen molar-refractivity contribution < 1.29 is 14.3 Å². The van der Waals surface area contributed by atoms with Gasteiger partial charge in [-0.25, -0.2) is 4.79 Å². The summed E-state index contributed by atoms with van der Waals surface area (Å²) in [6.45, 7) is 11.8. The average molecular weight is 328 g/mol. The van der Waals surface area contributed by atoms with Gasteiger partial charge in [-0.3, -0.25) is 0 Å². The summed E-state index contributed by atoms with van der Waals surface area (Å²) in [6, 6.07) is 0.819. The quantitative estimate of drug-likeness (QED) is 0.668. The molecule has 1 aliphatic carbocycles. The second-order valence-corrected chi connectivity index (χ2v) is 7.46. The fourth-order valence-corrected chi connectivity index (χ4v) is 2.91. The molecule has 5 nitrogen and oxygen atoms in total. The summed E-state index contributed by atoms with van der Waals surface area (Å²) in [4.78, 5) is 11.8. The zero-order chi connectivity index (χ0) is 17.3. The average Bonchev–Trinajstić information content (AvgIpc) is 2.47. The molecule has 23 heavy (non-hydrogen) atoms. The number of nitrogens with one attached hydrogen (secondary N) is 2. The molecule has 1 amide bonds. The highest BCUT2D eigenvalue weighted by Gasteiger charge is 2.25. The van der Waals surface area contributed by atoms with Crippen LogP contribution in [0.1, 0.15) is 73.1 Å². The normalized spacial score (nSPS) is 22.2.